The number of benzene rings is 1. The van der Waals surface area contributed by atoms with Crippen molar-refractivity contribution >= 4 is 29.2 Å². The fourth-order valence-corrected chi connectivity index (χ4v) is 4.27. The third-order valence-corrected chi connectivity index (χ3v) is 6.01. The average molecular weight is 415 g/mol. The van der Waals surface area contributed by atoms with Gasteiger partial charge >= 0.3 is 0 Å². The Hall–Kier alpha value is -3.35. The molecule has 1 saturated heterocycles. The van der Waals surface area contributed by atoms with Crippen LogP contribution in [0.3, 0.4) is 0 Å². The highest BCUT2D eigenvalue weighted by Gasteiger charge is 2.31. The highest BCUT2D eigenvalue weighted by molar-refractivity contribution is 6.08. The lowest BCUT2D eigenvalue weighted by Crippen LogP contribution is -2.46. The summed E-state index contributed by atoms with van der Waals surface area (Å²) in [5, 5.41) is 12.9. The van der Waals surface area contributed by atoms with Gasteiger partial charge in [-0.1, -0.05) is 45.0 Å². The molecular weight excluding hydrogens is 388 g/mol. The third-order valence-electron chi connectivity index (χ3n) is 6.01. The number of carbonyl (C=O) groups is 1. The van der Waals surface area contributed by atoms with Gasteiger partial charge in [0.25, 0.3) is 0 Å². The van der Waals surface area contributed by atoms with E-state index in [1.807, 2.05) is 47.1 Å². The van der Waals surface area contributed by atoms with E-state index in [1.165, 1.54) is 5.56 Å². The van der Waals surface area contributed by atoms with E-state index in [9.17, 15) is 4.79 Å². The van der Waals surface area contributed by atoms with E-state index >= 15 is 0 Å². The second-order valence-corrected chi connectivity index (χ2v) is 9.23. The highest BCUT2D eigenvalue weighted by Crippen LogP contribution is 2.27. The Bertz CT molecular complexity index is 1200. The van der Waals surface area contributed by atoms with Gasteiger partial charge in [-0.3, -0.25) is 4.79 Å². The molecule has 158 valence electrons. The van der Waals surface area contributed by atoms with Gasteiger partial charge in [0, 0.05) is 24.2 Å². The molecule has 0 radical (unpaired) electrons. The topological polar surface area (TPSA) is 75.2 Å². The quantitative estimate of drug-likeness (QED) is 0.608. The van der Waals surface area contributed by atoms with Crippen LogP contribution in [0.2, 0.25) is 0 Å². The van der Waals surface area contributed by atoms with E-state index in [-0.39, 0.29) is 23.7 Å². The number of fused-ring (bicyclic) bond motifs is 2. The molecule has 0 spiro atoms. The molecule has 5 rings (SSSR count). The molecule has 0 aliphatic carbocycles. The molecule has 4 heterocycles. The van der Waals surface area contributed by atoms with Gasteiger partial charge in [0.05, 0.1) is 30.2 Å². The Labute approximate surface area is 181 Å². The predicted molar refractivity (Wildman–Crippen MR) is 122 cm³/mol. The summed E-state index contributed by atoms with van der Waals surface area (Å²) in [6, 6.07) is 11.8. The molecule has 1 atom stereocenters. The molecular formula is C24H26N6O. The minimum Gasteiger partial charge on any atom is -0.343 e. The van der Waals surface area contributed by atoms with E-state index in [4.69, 9.17) is 0 Å². The third kappa shape index (κ3) is 3.65. The second kappa shape index (κ2) is 7.41. The molecule has 2 aliphatic heterocycles. The number of rotatable bonds is 4. The maximum Gasteiger partial charge on any atom is 0.168 e. The molecule has 1 unspecified atom stereocenters. The van der Waals surface area contributed by atoms with Gasteiger partial charge in [-0.2, -0.15) is 19.8 Å². The van der Waals surface area contributed by atoms with E-state index in [0.29, 0.717) is 5.56 Å². The van der Waals surface area contributed by atoms with Crippen molar-refractivity contribution in [3.05, 3.63) is 59.4 Å². The Morgan fingerprint density at radius 1 is 1.16 bits per heavy atom. The van der Waals surface area contributed by atoms with Gasteiger partial charge in [0.1, 0.15) is 11.9 Å². The summed E-state index contributed by atoms with van der Waals surface area (Å²) in [7, 11) is 0. The Kier molecular flexibility index (Phi) is 4.68. The number of hydrogen-bond acceptors (Lipinski definition) is 6. The highest BCUT2D eigenvalue weighted by atomic mass is 16.1. The Morgan fingerprint density at radius 3 is 2.74 bits per heavy atom. The van der Waals surface area contributed by atoms with Gasteiger partial charge in [-0.25, -0.2) is 4.98 Å². The van der Waals surface area contributed by atoms with Crippen molar-refractivity contribution in [1.29, 1.82) is 0 Å². The average Bonchev–Trinajstić information content (AvgIpc) is 3.41. The predicted octanol–water partition coefficient (Wildman–Crippen LogP) is 3.86. The van der Waals surface area contributed by atoms with Crippen LogP contribution in [-0.2, 0) is 11.8 Å². The van der Waals surface area contributed by atoms with E-state index in [2.05, 4.69) is 46.0 Å². The number of piperidine rings is 1. The molecule has 1 aromatic carbocycles. The summed E-state index contributed by atoms with van der Waals surface area (Å²) in [5.41, 5.74) is 4.55. The first-order valence-corrected chi connectivity index (χ1v) is 10.7. The lowest BCUT2D eigenvalue weighted by molar-refractivity contribution is 0.0992. The minimum absolute atomic E-state index is 0.0528. The van der Waals surface area contributed by atoms with Gasteiger partial charge < -0.3 is 4.90 Å². The van der Waals surface area contributed by atoms with Crippen molar-refractivity contribution in [3.63, 3.8) is 0 Å². The molecule has 7 heteroatoms. The lowest BCUT2D eigenvalue weighted by atomic mass is 9.86. The number of aromatic nitrogens is 3. The van der Waals surface area contributed by atoms with Crippen LogP contribution in [0.1, 0.15) is 55.2 Å². The summed E-state index contributed by atoms with van der Waals surface area (Å²) >= 11 is 0. The molecule has 0 N–H and O–H groups in total. The summed E-state index contributed by atoms with van der Waals surface area (Å²) in [5.74, 6) is 0.984. The summed E-state index contributed by atoms with van der Waals surface area (Å²) in [6.07, 6.45) is 5.84. The normalized spacial score (nSPS) is 18.4. The van der Waals surface area contributed by atoms with Crippen LogP contribution < -0.4 is 4.90 Å². The van der Waals surface area contributed by atoms with Crippen molar-refractivity contribution < 1.29 is 4.79 Å². The van der Waals surface area contributed by atoms with Crippen LogP contribution in [-0.4, -0.2) is 44.9 Å². The molecule has 3 aromatic rings. The van der Waals surface area contributed by atoms with Crippen LogP contribution in [0, 0.1) is 0 Å². The van der Waals surface area contributed by atoms with Crippen LogP contribution >= 0.6 is 0 Å². The maximum atomic E-state index is 13.0. The maximum absolute atomic E-state index is 13.0. The van der Waals surface area contributed by atoms with Crippen LogP contribution in [0.15, 0.2) is 52.8 Å². The summed E-state index contributed by atoms with van der Waals surface area (Å²) < 4.78 is 1.83. The van der Waals surface area contributed by atoms with E-state index < -0.39 is 0 Å². The van der Waals surface area contributed by atoms with Crippen molar-refractivity contribution in [1.82, 2.24) is 14.6 Å². The van der Waals surface area contributed by atoms with E-state index in [0.717, 1.165) is 42.3 Å². The summed E-state index contributed by atoms with van der Waals surface area (Å²) in [4.78, 5) is 19.9. The number of hydrogen-bond donors (Lipinski definition) is 0. The zero-order valence-electron chi connectivity index (χ0n) is 18.1. The molecule has 2 aliphatic rings. The minimum atomic E-state index is 0.0528. The van der Waals surface area contributed by atoms with Gasteiger partial charge in [-0.15, -0.1) is 0 Å². The largest absolute Gasteiger partial charge is 0.343 e. The fourth-order valence-electron chi connectivity index (χ4n) is 4.27. The van der Waals surface area contributed by atoms with Crippen LogP contribution in [0.5, 0.6) is 0 Å². The Morgan fingerprint density at radius 2 is 1.97 bits per heavy atom. The van der Waals surface area contributed by atoms with Crippen molar-refractivity contribution in [2.75, 3.05) is 11.4 Å². The SMILES string of the molecule is CC(C)(C)c1ccc(C(=O)Cc2cc(N3CCCC4=NN=CC43)n3nccc3n2)cc1. The molecule has 7 nitrogen and oxygen atoms in total. The second-order valence-electron chi connectivity index (χ2n) is 9.23. The molecule has 0 bridgehead atoms. The fraction of sp³-hybridized carbons (Fsp3) is 0.375. The summed E-state index contributed by atoms with van der Waals surface area (Å²) in [6.45, 7) is 7.39. The zero-order valence-corrected chi connectivity index (χ0v) is 18.1. The first-order chi connectivity index (χ1) is 14.9. The first-order valence-electron chi connectivity index (χ1n) is 10.7. The van der Waals surface area contributed by atoms with E-state index in [1.54, 1.807) is 6.20 Å². The van der Waals surface area contributed by atoms with Crippen molar-refractivity contribution in [2.24, 2.45) is 10.2 Å². The molecule has 0 saturated carbocycles. The van der Waals surface area contributed by atoms with Gasteiger partial charge in [-0.05, 0) is 23.8 Å². The first kappa shape index (κ1) is 19.6. The number of nitrogens with zero attached hydrogens (tertiary/aromatic N) is 6. The number of carbonyl (C=O) groups excluding carboxylic acids is 1. The Balaban J connectivity index is 1.45. The van der Waals surface area contributed by atoms with Crippen LogP contribution in [0.25, 0.3) is 5.65 Å². The van der Waals surface area contributed by atoms with Gasteiger partial charge in [0.2, 0.25) is 0 Å². The zero-order chi connectivity index (χ0) is 21.6. The molecule has 1 fully saturated rings. The lowest BCUT2D eigenvalue weighted by Gasteiger charge is -2.34. The molecule has 2 aromatic heterocycles. The van der Waals surface area contributed by atoms with Crippen molar-refractivity contribution in [3.8, 4) is 0 Å². The standard InChI is InChI=1S/C24H26N6O/c1-24(2,3)17-8-6-16(7-9-17)21(31)13-18-14-23(30-22(27-18)10-11-26-30)29-12-4-5-19-20(29)15-25-28-19/h6-11,14-15,20H,4-5,12-13H2,1-3H3. The number of ketones is 1. The number of Topliss-reactive ketones (excluding diaryl/α,β-unsaturated/α-hetero) is 1. The molecule has 31 heavy (non-hydrogen) atoms. The monoisotopic (exact) mass is 414 g/mol. The van der Waals surface area contributed by atoms with Gasteiger partial charge in [0.15, 0.2) is 11.4 Å². The smallest absolute Gasteiger partial charge is 0.168 e. The number of anilines is 1. The van der Waals surface area contributed by atoms with Crippen molar-refractivity contribution in [2.45, 2.75) is 51.5 Å². The molecule has 0 amide bonds. The van der Waals surface area contributed by atoms with Crippen LogP contribution in [0.4, 0.5) is 5.82 Å².